The number of nitrogens with one attached hydrogen (secondary N) is 1. The lowest BCUT2D eigenvalue weighted by Gasteiger charge is -2.14. The Bertz CT molecular complexity index is 5450. The molecule has 628 valence electrons. The number of carbonyl (C=O) groups excluding carboxylic acids is 3. The SMILES string of the molecule is CCOC(=O)CCCCCOc1ccccc1Cn1cc(C)nc1-c1ccc(-c2ccco2)cc1.CCOC(=O)CCCCCOc1ccccc1Cn1cc(C)nc1-c1ccc(Br)cc1.Cc1cn(Cc2ccccc2OCCCCCC(=O)O)c(-c2ccc(-c3ccco3)cc2)n1.Cc1cnc(-c2ccc(Br)cc2)[nH]1.O=Cc1ccc(Br)cc1. The van der Waals surface area contributed by atoms with Gasteiger partial charge in [0.2, 0.25) is 0 Å². The number of halogens is 3. The van der Waals surface area contributed by atoms with Gasteiger partial charge in [-0.05, 0) is 178 Å². The zero-order valence-corrected chi connectivity index (χ0v) is 73.9. The van der Waals surface area contributed by atoms with E-state index in [-0.39, 0.29) is 18.4 Å². The van der Waals surface area contributed by atoms with Crippen LogP contribution in [0.2, 0.25) is 0 Å². The van der Waals surface area contributed by atoms with Crippen molar-refractivity contribution in [3.63, 3.8) is 0 Å². The van der Waals surface area contributed by atoms with Gasteiger partial charge in [-0.2, -0.15) is 0 Å². The fraction of sp³-hybridized carbons (Fsp3) is 0.265. The van der Waals surface area contributed by atoms with Crippen molar-refractivity contribution in [1.82, 2.24) is 38.6 Å². The third-order valence-corrected chi connectivity index (χ3v) is 20.5. The molecule has 23 heteroatoms. The number of aromatic amines is 1. The number of aromatic nitrogens is 8. The molecule has 0 aliphatic heterocycles. The molecule has 0 fully saturated rings. The van der Waals surface area contributed by atoms with Crippen LogP contribution < -0.4 is 14.2 Å². The van der Waals surface area contributed by atoms with Gasteiger partial charge in [-0.3, -0.25) is 19.2 Å². The molecule has 0 aliphatic carbocycles. The van der Waals surface area contributed by atoms with Crippen LogP contribution in [0, 0.1) is 27.7 Å². The molecular formula is C98H103Br3N8O12. The number of ether oxygens (including phenoxy) is 5. The smallest absolute Gasteiger partial charge is 0.305 e. The number of furan rings is 2. The van der Waals surface area contributed by atoms with E-state index in [2.05, 4.69) is 157 Å². The first-order chi connectivity index (χ1) is 58.9. The third-order valence-electron chi connectivity index (χ3n) is 18.9. The maximum Gasteiger partial charge on any atom is 0.305 e. The van der Waals surface area contributed by atoms with Crippen LogP contribution in [0.3, 0.4) is 0 Å². The fourth-order valence-electron chi connectivity index (χ4n) is 13.0. The number of H-pyrrole nitrogens is 1. The molecule has 6 aromatic heterocycles. The number of aldehydes is 1. The zero-order chi connectivity index (χ0) is 85.5. The van der Waals surface area contributed by atoms with Gasteiger partial charge in [0.25, 0.3) is 0 Å². The normalized spacial score (nSPS) is 10.7. The molecular weight excluding hydrogens is 1720 g/mol. The van der Waals surface area contributed by atoms with Crippen molar-refractivity contribution in [2.45, 2.75) is 138 Å². The summed E-state index contributed by atoms with van der Waals surface area (Å²) in [5, 5.41) is 8.74. The molecule has 14 aromatic rings. The van der Waals surface area contributed by atoms with Gasteiger partial charge in [0.15, 0.2) is 0 Å². The van der Waals surface area contributed by atoms with Crippen LogP contribution in [-0.4, -0.2) is 101 Å². The van der Waals surface area contributed by atoms with Crippen LogP contribution in [0.5, 0.6) is 17.2 Å². The second-order valence-corrected chi connectivity index (χ2v) is 31.3. The summed E-state index contributed by atoms with van der Waals surface area (Å²) in [6.45, 7) is 16.4. The molecule has 0 amide bonds. The fourth-order valence-corrected chi connectivity index (χ4v) is 13.8. The van der Waals surface area contributed by atoms with Gasteiger partial charge < -0.3 is 56.3 Å². The summed E-state index contributed by atoms with van der Waals surface area (Å²) in [6, 6.07) is 71.9. The Balaban J connectivity index is 0.000000169. The average molecular weight is 1820 g/mol. The number of aryl methyl sites for hydroxylation is 4. The van der Waals surface area contributed by atoms with E-state index in [9.17, 15) is 19.2 Å². The number of esters is 2. The number of imidazole rings is 4. The molecule has 6 heterocycles. The van der Waals surface area contributed by atoms with Gasteiger partial charge in [-0.25, -0.2) is 19.9 Å². The van der Waals surface area contributed by atoms with Crippen LogP contribution in [0.1, 0.15) is 141 Å². The Morgan fingerprint density at radius 1 is 0.413 bits per heavy atom. The highest BCUT2D eigenvalue weighted by atomic mass is 79.9. The summed E-state index contributed by atoms with van der Waals surface area (Å²) in [6.07, 6.45) is 21.0. The van der Waals surface area contributed by atoms with Crippen LogP contribution in [0.15, 0.2) is 278 Å². The molecule has 121 heavy (non-hydrogen) atoms. The lowest BCUT2D eigenvalue weighted by atomic mass is 10.1. The highest BCUT2D eigenvalue weighted by Crippen LogP contribution is 2.32. The molecule has 0 unspecified atom stereocenters. The highest BCUT2D eigenvalue weighted by Gasteiger charge is 2.18. The molecule has 0 aliphatic rings. The minimum absolute atomic E-state index is 0.119. The number of carboxylic acid groups (broad SMARTS) is 1. The monoisotopic (exact) mass is 1820 g/mol. The summed E-state index contributed by atoms with van der Waals surface area (Å²) in [5.74, 6) is 7.01. The molecule has 2 N–H and O–H groups in total. The number of carboxylic acids is 1. The molecule has 0 saturated heterocycles. The minimum atomic E-state index is -0.747. The number of rotatable bonds is 36. The highest BCUT2D eigenvalue weighted by molar-refractivity contribution is 9.11. The van der Waals surface area contributed by atoms with Crippen molar-refractivity contribution >= 4 is 72.0 Å². The Morgan fingerprint density at radius 2 is 0.752 bits per heavy atom. The van der Waals surface area contributed by atoms with Crippen molar-refractivity contribution in [2.75, 3.05) is 33.0 Å². The maximum atomic E-state index is 11.5. The molecule has 0 saturated carbocycles. The van der Waals surface area contributed by atoms with E-state index in [0.717, 1.165) is 196 Å². The molecule has 0 atom stereocenters. The van der Waals surface area contributed by atoms with Gasteiger partial charge in [-0.1, -0.05) is 187 Å². The second kappa shape index (κ2) is 49.0. The summed E-state index contributed by atoms with van der Waals surface area (Å²) in [7, 11) is 0. The van der Waals surface area contributed by atoms with E-state index < -0.39 is 5.97 Å². The first kappa shape index (κ1) is 91.4. The second-order valence-electron chi connectivity index (χ2n) is 28.5. The first-order valence-electron chi connectivity index (χ1n) is 40.7. The van der Waals surface area contributed by atoms with Crippen molar-refractivity contribution in [2.24, 2.45) is 0 Å². The number of hydrogen-bond donors (Lipinski definition) is 2. The van der Waals surface area contributed by atoms with Crippen molar-refractivity contribution in [3.8, 4) is 85.4 Å². The standard InChI is InChI=1S/C29H32N2O4.C27H28N2O4.C25H29BrN2O3.C10H9BrN2.C7H5BrO/c1-3-33-28(32)13-5-4-8-18-34-27-11-7-6-10-25(27)21-31-20-22(2)30-29(31)24-16-14-23(15-17-24)26-12-9-19-35-26;1-20-18-29(27(28-20)22-14-12-21(13-15-22)24-10-7-17-33-24)19-23-8-4-5-9-25(23)32-16-6-2-3-11-26(30)31;1-3-30-24(29)11-5-4-8-16-31-23-10-7-6-9-21(23)18-28-17-19(2)27-25(28)20-12-14-22(26)15-13-20;1-7-6-12-10(13-7)8-2-4-9(11)5-3-8;8-7-3-1-6(5-9)2-4-7/h6-7,9-12,14-17,19-20H,3-5,8,13,18,21H2,1-2H3;4-5,7-10,12-15,17-18H,2-3,6,11,16,19H2,1H3,(H,30,31);6-7,9-10,12-15,17H,3-5,8,11,16,18H2,1-2H3;2-6H,1H3,(H,12,13);1-5H. The van der Waals surface area contributed by atoms with Crippen LogP contribution in [0.4, 0.5) is 0 Å². The van der Waals surface area contributed by atoms with Crippen molar-refractivity contribution < 1.29 is 56.8 Å². The van der Waals surface area contributed by atoms with Gasteiger partial charge >= 0.3 is 17.9 Å². The summed E-state index contributed by atoms with van der Waals surface area (Å²) in [5.41, 5.74) is 14.3. The lowest BCUT2D eigenvalue weighted by Crippen LogP contribution is -2.06. The van der Waals surface area contributed by atoms with E-state index >= 15 is 0 Å². The number of nitrogens with zero attached hydrogens (tertiary/aromatic N) is 7. The number of carbonyl (C=O) groups is 4. The van der Waals surface area contributed by atoms with Gasteiger partial charge in [0.05, 0.1) is 82.3 Å². The van der Waals surface area contributed by atoms with E-state index in [4.69, 9.17) is 52.6 Å². The van der Waals surface area contributed by atoms with Gasteiger partial charge in [0.1, 0.15) is 58.4 Å². The van der Waals surface area contributed by atoms with Gasteiger partial charge in [0, 0.05) is 119 Å². The molecule has 8 aromatic carbocycles. The first-order valence-corrected chi connectivity index (χ1v) is 43.1. The number of unbranched alkanes of at least 4 members (excludes halogenated alkanes) is 6. The zero-order valence-electron chi connectivity index (χ0n) is 69.2. The number of hydrogen-bond acceptors (Lipinski definition) is 15. The molecule has 0 spiro atoms. The van der Waals surface area contributed by atoms with E-state index in [1.807, 2.05) is 187 Å². The minimum Gasteiger partial charge on any atom is -0.493 e. The molecule has 20 nitrogen and oxygen atoms in total. The van der Waals surface area contributed by atoms with Gasteiger partial charge in [-0.15, -0.1) is 0 Å². The number of aliphatic carboxylic acids is 1. The van der Waals surface area contributed by atoms with E-state index in [1.165, 1.54) is 0 Å². The maximum absolute atomic E-state index is 11.5. The number of benzene rings is 8. The lowest BCUT2D eigenvalue weighted by molar-refractivity contribution is -0.144. The Hall–Kier alpha value is -11.9. The molecule has 14 rings (SSSR count). The predicted octanol–water partition coefficient (Wildman–Crippen LogP) is 24.4. The van der Waals surface area contributed by atoms with E-state index in [1.54, 1.807) is 24.7 Å². The summed E-state index contributed by atoms with van der Waals surface area (Å²) < 4.78 is 48.8. The Morgan fingerprint density at radius 3 is 1.08 bits per heavy atom. The average Bonchev–Trinajstić information content (AvgIpc) is 1.70. The molecule has 0 radical (unpaired) electrons. The van der Waals surface area contributed by atoms with E-state index in [0.29, 0.717) is 77.5 Å². The summed E-state index contributed by atoms with van der Waals surface area (Å²) >= 11 is 10.1. The largest absolute Gasteiger partial charge is 0.493 e. The predicted molar refractivity (Wildman–Crippen MR) is 486 cm³/mol. The molecule has 0 bridgehead atoms. The van der Waals surface area contributed by atoms with Crippen molar-refractivity contribution in [3.05, 3.63) is 314 Å². The van der Waals surface area contributed by atoms with Crippen LogP contribution >= 0.6 is 47.8 Å². The van der Waals surface area contributed by atoms with Crippen LogP contribution in [0.25, 0.3) is 68.2 Å². The third kappa shape index (κ3) is 30.1. The van der Waals surface area contributed by atoms with Crippen molar-refractivity contribution in [1.29, 1.82) is 0 Å². The number of para-hydroxylation sites is 3. The quantitative estimate of drug-likeness (QED) is 0.0211. The van der Waals surface area contributed by atoms with Crippen LogP contribution in [-0.2, 0) is 43.5 Å². The Labute approximate surface area is 733 Å². The summed E-state index contributed by atoms with van der Waals surface area (Å²) in [4.78, 5) is 65.3. The topological polar surface area (TPSA) is 243 Å². The Kier molecular flexibility index (Phi) is 37.0.